The van der Waals surface area contributed by atoms with Gasteiger partial charge < -0.3 is 5.32 Å². The third kappa shape index (κ3) is 2.63. The molecule has 2 rings (SSSR count). The molecule has 0 aliphatic heterocycles. The van der Waals surface area contributed by atoms with Crippen molar-refractivity contribution >= 4 is 17.3 Å². The highest BCUT2D eigenvalue weighted by Crippen LogP contribution is 2.23. The highest BCUT2D eigenvalue weighted by atomic mass is 35.5. The van der Waals surface area contributed by atoms with Crippen molar-refractivity contribution in [2.45, 2.75) is 13.5 Å². The topological polar surface area (TPSA) is 56.0 Å². The quantitative estimate of drug-likeness (QED) is 0.936. The number of benzene rings is 1. The van der Waals surface area contributed by atoms with Crippen molar-refractivity contribution in [2.75, 3.05) is 5.32 Å². The fraction of sp³-hybridized carbons (Fsp3) is 0.286. The van der Waals surface area contributed by atoms with Crippen LogP contribution >= 0.6 is 11.6 Å². The van der Waals surface area contributed by atoms with Gasteiger partial charge >= 0.3 is 5.69 Å². The van der Waals surface area contributed by atoms with E-state index in [2.05, 4.69) is 5.32 Å². The summed E-state index contributed by atoms with van der Waals surface area (Å²) in [6, 6.07) is 7.02. The Hall–Kier alpha value is -2.01. The van der Waals surface area contributed by atoms with E-state index < -0.39 is 0 Å². The maximum absolute atomic E-state index is 11.8. The van der Waals surface area contributed by atoms with Gasteiger partial charge in [0.15, 0.2) is 0 Å². The molecular formula is C14H16ClN3O2. The van der Waals surface area contributed by atoms with Crippen LogP contribution in [-0.4, -0.2) is 9.13 Å². The fourth-order valence-electron chi connectivity index (χ4n) is 1.93. The molecule has 0 saturated heterocycles. The summed E-state index contributed by atoms with van der Waals surface area (Å²) in [6.45, 7) is 2.29. The number of nitrogens with zero attached hydrogens (tertiary/aromatic N) is 2. The lowest BCUT2D eigenvalue weighted by Crippen LogP contribution is -2.38. The van der Waals surface area contributed by atoms with E-state index >= 15 is 0 Å². The van der Waals surface area contributed by atoms with Gasteiger partial charge in [-0.25, -0.2) is 4.79 Å². The molecule has 0 amide bonds. The zero-order chi connectivity index (χ0) is 14.9. The van der Waals surface area contributed by atoms with Crippen molar-refractivity contribution in [3.05, 3.63) is 61.4 Å². The minimum atomic E-state index is -0.336. The molecule has 5 nitrogen and oxygen atoms in total. The fourth-order valence-corrected chi connectivity index (χ4v) is 2.11. The van der Waals surface area contributed by atoms with Crippen molar-refractivity contribution in [3.8, 4) is 0 Å². The minimum Gasteiger partial charge on any atom is -0.379 e. The molecule has 0 unspecified atom stereocenters. The van der Waals surface area contributed by atoms with Crippen LogP contribution in [0.3, 0.4) is 0 Å². The van der Waals surface area contributed by atoms with Crippen LogP contribution in [-0.2, 0) is 20.6 Å². The third-order valence-electron chi connectivity index (χ3n) is 3.35. The SMILES string of the molecule is Cc1c(Cl)cccc1NCc1cc(=O)n(C)c(=O)n1C. The van der Waals surface area contributed by atoms with Crippen LogP contribution in [0.5, 0.6) is 0 Å². The van der Waals surface area contributed by atoms with E-state index in [1.807, 2.05) is 25.1 Å². The number of aromatic nitrogens is 2. The average Bonchev–Trinajstić information content (AvgIpc) is 2.43. The van der Waals surface area contributed by atoms with Gasteiger partial charge in [0.2, 0.25) is 0 Å². The van der Waals surface area contributed by atoms with Gasteiger partial charge in [-0.1, -0.05) is 17.7 Å². The molecule has 20 heavy (non-hydrogen) atoms. The van der Waals surface area contributed by atoms with Gasteiger partial charge in [0.1, 0.15) is 0 Å². The Morgan fingerprint density at radius 1 is 1.20 bits per heavy atom. The Balaban J connectivity index is 2.31. The molecule has 0 radical (unpaired) electrons. The van der Waals surface area contributed by atoms with E-state index in [1.54, 1.807) is 7.05 Å². The second-order valence-electron chi connectivity index (χ2n) is 4.64. The van der Waals surface area contributed by atoms with Crippen LogP contribution in [0.2, 0.25) is 5.02 Å². The molecule has 1 aromatic carbocycles. The molecule has 0 saturated carbocycles. The zero-order valence-electron chi connectivity index (χ0n) is 11.6. The van der Waals surface area contributed by atoms with Gasteiger partial charge in [0.05, 0.1) is 6.54 Å². The average molecular weight is 294 g/mol. The first-order chi connectivity index (χ1) is 9.41. The van der Waals surface area contributed by atoms with E-state index in [-0.39, 0.29) is 11.2 Å². The summed E-state index contributed by atoms with van der Waals surface area (Å²) < 4.78 is 2.53. The number of rotatable bonds is 3. The first kappa shape index (κ1) is 14.4. The van der Waals surface area contributed by atoms with Crippen LogP contribution in [0.25, 0.3) is 0 Å². The smallest absolute Gasteiger partial charge is 0.330 e. The minimum absolute atomic E-state index is 0.312. The maximum Gasteiger partial charge on any atom is 0.330 e. The second kappa shape index (κ2) is 5.54. The number of nitrogens with one attached hydrogen (secondary N) is 1. The predicted molar refractivity (Wildman–Crippen MR) is 80.4 cm³/mol. The van der Waals surface area contributed by atoms with Crippen LogP contribution in [0, 0.1) is 6.92 Å². The zero-order valence-corrected chi connectivity index (χ0v) is 12.4. The lowest BCUT2D eigenvalue weighted by atomic mass is 10.2. The molecule has 1 N–H and O–H groups in total. The lowest BCUT2D eigenvalue weighted by molar-refractivity contribution is 0.655. The molecule has 0 fully saturated rings. The molecule has 2 aromatic rings. The van der Waals surface area contributed by atoms with Crippen molar-refractivity contribution in [3.63, 3.8) is 0 Å². The van der Waals surface area contributed by atoms with Crippen molar-refractivity contribution in [1.82, 2.24) is 9.13 Å². The predicted octanol–water partition coefficient (Wildman–Crippen LogP) is 1.66. The maximum atomic E-state index is 11.8. The Labute approximate surface area is 121 Å². The normalized spacial score (nSPS) is 10.6. The van der Waals surface area contributed by atoms with Crippen LogP contribution in [0.15, 0.2) is 33.9 Å². The summed E-state index contributed by atoms with van der Waals surface area (Å²) in [5.74, 6) is 0. The van der Waals surface area contributed by atoms with Gasteiger partial charge in [-0.05, 0) is 24.6 Å². The summed E-state index contributed by atoms with van der Waals surface area (Å²) >= 11 is 6.05. The summed E-state index contributed by atoms with van der Waals surface area (Å²) in [4.78, 5) is 23.5. The summed E-state index contributed by atoms with van der Waals surface area (Å²) in [5.41, 5.74) is 1.79. The molecular weight excluding hydrogens is 278 g/mol. The second-order valence-corrected chi connectivity index (χ2v) is 5.05. The monoisotopic (exact) mass is 293 g/mol. The molecule has 1 aromatic heterocycles. The number of anilines is 1. The Morgan fingerprint density at radius 2 is 1.90 bits per heavy atom. The van der Waals surface area contributed by atoms with Gasteiger partial charge in [0, 0.05) is 36.6 Å². The summed E-state index contributed by atoms with van der Waals surface area (Å²) in [5, 5.41) is 3.87. The number of hydrogen-bond donors (Lipinski definition) is 1. The van der Waals surface area contributed by atoms with E-state index in [9.17, 15) is 9.59 Å². The Bertz CT molecular complexity index is 762. The number of hydrogen-bond acceptors (Lipinski definition) is 3. The first-order valence-corrected chi connectivity index (χ1v) is 6.54. The number of halogens is 1. The van der Waals surface area contributed by atoms with Crippen LogP contribution in [0.4, 0.5) is 5.69 Å². The summed E-state index contributed by atoms with van der Waals surface area (Å²) in [6.07, 6.45) is 0. The van der Waals surface area contributed by atoms with Gasteiger partial charge in [-0.3, -0.25) is 13.9 Å². The lowest BCUT2D eigenvalue weighted by Gasteiger charge is -2.13. The third-order valence-corrected chi connectivity index (χ3v) is 3.76. The highest BCUT2D eigenvalue weighted by Gasteiger charge is 2.07. The Kier molecular flexibility index (Phi) is 3.99. The molecule has 6 heteroatoms. The van der Waals surface area contributed by atoms with E-state index in [0.717, 1.165) is 15.8 Å². The van der Waals surface area contributed by atoms with Crippen molar-refractivity contribution in [2.24, 2.45) is 14.1 Å². The van der Waals surface area contributed by atoms with E-state index in [1.165, 1.54) is 17.7 Å². The molecule has 0 bridgehead atoms. The van der Waals surface area contributed by atoms with Crippen molar-refractivity contribution < 1.29 is 0 Å². The molecule has 0 aliphatic rings. The standard InChI is InChI=1S/C14H16ClN3O2/c1-9-11(15)5-4-6-12(9)16-8-10-7-13(19)18(3)14(20)17(10)2/h4-7,16H,8H2,1-3H3. The van der Waals surface area contributed by atoms with Gasteiger partial charge in [-0.2, -0.15) is 0 Å². The van der Waals surface area contributed by atoms with Crippen LogP contribution in [0.1, 0.15) is 11.3 Å². The molecule has 0 aliphatic carbocycles. The Morgan fingerprint density at radius 3 is 2.60 bits per heavy atom. The molecule has 106 valence electrons. The van der Waals surface area contributed by atoms with E-state index in [0.29, 0.717) is 17.3 Å². The highest BCUT2D eigenvalue weighted by molar-refractivity contribution is 6.31. The molecule has 0 atom stereocenters. The van der Waals surface area contributed by atoms with Crippen LogP contribution < -0.4 is 16.6 Å². The molecule has 1 heterocycles. The van der Waals surface area contributed by atoms with Crippen molar-refractivity contribution in [1.29, 1.82) is 0 Å². The van der Waals surface area contributed by atoms with Gasteiger partial charge in [-0.15, -0.1) is 0 Å². The molecule has 0 spiro atoms. The largest absolute Gasteiger partial charge is 0.379 e. The summed E-state index contributed by atoms with van der Waals surface area (Å²) in [7, 11) is 3.10. The first-order valence-electron chi connectivity index (χ1n) is 6.16. The van der Waals surface area contributed by atoms with E-state index in [4.69, 9.17) is 11.6 Å². The van der Waals surface area contributed by atoms with Gasteiger partial charge in [0.25, 0.3) is 5.56 Å².